The first-order chi connectivity index (χ1) is 8.72. The van der Waals surface area contributed by atoms with Crippen LogP contribution in [0.5, 0.6) is 0 Å². The second-order valence-corrected chi connectivity index (χ2v) is 6.32. The van der Waals surface area contributed by atoms with Crippen molar-refractivity contribution in [2.24, 2.45) is 5.73 Å². The summed E-state index contributed by atoms with van der Waals surface area (Å²) < 4.78 is 6.22. The summed E-state index contributed by atoms with van der Waals surface area (Å²) in [7, 11) is 1.68. The maximum atomic E-state index is 8.73. The fraction of sp³-hybridized carbons (Fsp3) is 0.583. The third-order valence-electron chi connectivity index (χ3n) is 2.68. The largest absolute Gasteiger partial charge is 0.383 e. The van der Waals surface area contributed by atoms with Crippen LogP contribution in [0.2, 0.25) is 0 Å². The minimum Gasteiger partial charge on any atom is -0.383 e. The van der Waals surface area contributed by atoms with E-state index in [4.69, 9.17) is 15.7 Å². The topological polar surface area (TPSA) is 62.3 Å². The Morgan fingerprint density at radius 2 is 2.33 bits per heavy atom. The van der Waals surface area contributed by atoms with Gasteiger partial charge in [-0.25, -0.2) is 0 Å². The van der Waals surface area contributed by atoms with Crippen molar-refractivity contribution in [3.63, 3.8) is 0 Å². The minimum absolute atomic E-state index is 0.157. The highest BCUT2D eigenvalue weighted by molar-refractivity contribution is 9.11. The first kappa shape index (κ1) is 15.6. The van der Waals surface area contributed by atoms with Crippen LogP contribution in [-0.2, 0) is 4.74 Å². The number of thiophene rings is 1. The monoisotopic (exact) mass is 331 g/mol. The molecule has 0 fully saturated rings. The number of ether oxygens (including phenoxy) is 1. The van der Waals surface area contributed by atoms with E-state index in [2.05, 4.69) is 33.0 Å². The van der Waals surface area contributed by atoms with Crippen molar-refractivity contribution in [1.82, 2.24) is 4.90 Å². The second kappa shape index (κ2) is 8.62. The minimum atomic E-state index is 0.157. The quantitative estimate of drug-likeness (QED) is 0.794. The Balaban J connectivity index is 2.75. The lowest BCUT2D eigenvalue weighted by atomic mass is 10.2. The molecule has 18 heavy (non-hydrogen) atoms. The van der Waals surface area contributed by atoms with Gasteiger partial charge in [0.25, 0.3) is 0 Å². The Kier molecular flexibility index (Phi) is 7.47. The van der Waals surface area contributed by atoms with E-state index >= 15 is 0 Å². The van der Waals surface area contributed by atoms with E-state index in [9.17, 15) is 0 Å². The lowest BCUT2D eigenvalue weighted by molar-refractivity contribution is 0.124. The van der Waals surface area contributed by atoms with E-state index in [0.29, 0.717) is 19.6 Å². The molecule has 0 bridgehead atoms. The molecule has 0 amide bonds. The Morgan fingerprint density at radius 3 is 2.83 bits per heavy atom. The Hall–Kier alpha value is -0.450. The number of nitrogens with zero attached hydrogens (tertiary/aromatic N) is 2. The molecule has 4 nitrogen and oxygen atoms in total. The van der Waals surface area contributed by atoms with Crippen LogP contribution in [0.1, 0.15) is 17.3 Å². The predicted molar refractivity (Wildman–Crippen MR) is 77.5 cm³/mol. The first-order valence-electron chi connectivity index (χ1n) is 5.78. The van der Waals surface area contributed by atoms with E-state index < -0.39 is 0 Å². The zero-order valence-corrected chi connectivity index (χ0v) is 12.8. The van der Waals surface area contributed by atoms with Crippen molar-refractivity contribution in [3.05, 3.63) is 20.8 Å². The average Bonchev–Trinajstić information content (AvgIpc) is 2.79. The highest BCUT2D eigenvalue weighted by atomic mass is 79.9. The summed E-state index contributed by atoms with van der Waals surface area (Å²) in [5, 5.41) is 8.73. The molecule has 0 aliphatic carbocycles. The van der Waals surface area contributed by atoms with Gasteiger partial charge in [-0.15, -0.1) is 11.3 Å². The third kappa shape index (κ3) is 4.67. The predicted octanol–water partition coefficient (Wildman–Crippen LogP) is 2.37. The van der Waals surface area contributed by atoms with E-state index in [1.807, 2.05) is 6.07 Å². The molecule has 1 unspecified atom stereocenters. The van der Waals surface area contributed by atoms with Crippen molar-refractivity contribution in [3.8, 4) is 6.07 Å². The molecule has 1 aromatic heterocycles. The van der Waals surface area contributed by atoms with Crippen LogP contribution in [0.4, 0.5) is 0 Å². The first-order valence-corrected chi connectivity index (χ1v) is 7.39. The van der Waals surface area contributed by atoms with Gasteiger partial charge in [0.05, 0.1) is 22.5 Å². The van der Waals surface area contributed by atoms with Crippen molar-refractivity contribution < 1.29 is 4.74 Å². The lowest BCUT2D eigenvalue weighted by Crippen LogP contribution is -2.36. The maximum absolute atomic E-state index is 8.73. The van der Waals surface area contributed by atoms with Gasteiger partial charge in [0.15, 0.2) is 0 Å². The van der Waals surface area contributed by atoms with Gasteiger partial charge < -0.3 is 10.5 Å². The summed E-state index contributed by atoms with van der Waals surface area (Å²) in [4.78, 5) is 3.43. The van der Waals surface area contributed by atoms with Gasteiger partial charge in [-0.1, -0.05) is 0 Å². The summed E-state index contributed by atoms with van der Waals surface area (Å²) in [6, 6.07) is 6.45. The Morgan fingerprint density at radius 1 is 1.56 bits per heavy atom. The SMILES string of the molecule is COCCN(CCC#N)C(CN)c1ccc(Br)s1. The van der Waals surface area contributed by atoms with E-state index in [1.54, 1.807) is 18.4 Å². The number of nitrogens with two attached hydrogens (primary N) is 1. The van der Waals surface area contributed by atoms with Crippen LogP contribution in [0, 0.1) is 11.3 Å². The molecule has 1 rings (SSSR count). The summed E-state index contributed by atoms with van der Waals surface area (Å²) >= 11 is 5.15. The third-order valence-corrected chi connectivity index (χ3v) is 4.40. The van der Waals surface area contributed by atoms with Gasteiger partial charge in [0, 0.05) is 38.0 Å². The number of hydrogen-bond donors (Lipinski definition) is 1. The molecule has 0 aliphatic heterocycles. The Bertz CT molecular complexity index is 391. The molecular weight excluding hydrogens is 314 g/mol. The molecule has 100 valence electrons. The number of nitriles is 1. The maximum Gasteiger partial charge on any atom is 0.0702 e. The molecule has 2 N–H and O–H groups in total. The molecule has 0 spiro atoms. The zero-order chi connectivity index (χ0) is 13.4. The van der Waals surface area contributed by atoms with Crippen LogP contribution in [0.25, 0.3) is 0 Å². The van der Waals surface area contributed by atoms with Crippen molar-refractivity contribution in [1.29, 1.82) is 5.26 Å². The molecule has 6 heteroatoms. The van der Waals surface area contributed by atoms with E-state index in [0.717, 1.165) is 16.9 Å². The normalized spacial score (nSPS) is 12.6. The number of halogens is 1. The van der Waals surface area contributed by atoms with Crippen LogP contribution in [0.15, 0.2) is 15.9 Å². The number of rotatable bonds is 8. The number of methoxy groups -OCH3 is 1. The van der Waals surface area contributed by atoms with Crippen molar-refractivity contribution in [2.45, 2.75) is 12.5 Å². The lowest BCUT2D eigenvalue weighted by Gasteiger charge is -2.29. The van der Waals surface area contributed by atoms with Gasteiger partial charge in [-0.2, -0.15) is 5.26 Å². The fourth-order valence-electron chi connectivity index (χ4n) is 1.78. The molecule has 1 aromatic rings. The smallest absolute Gasteiger partial charge is 0.0702 e. The Labute approximate surface area is 120 Å². The van der Waals surface area contributed by atoms with E-state index in [1.165, 1.54) is 4.88 Å². The van der Waals surface area contributed by atoms with Gasteiger partial charge in [0.2, 0.25) is 0 Å². The highest BCUT2D eigenvalue weighted by Gasteiger charge is 2.20. The van der Waals surface area contributed by atoms with Gasteiger partial charge >= 0.3 is 0 Å². The molecule has 1 heterocycles. The van der Waals surface area contributed by atoms with Crippen molar-refractivity contribution in [2.75, 3.05) is 33.4 Å². The van der Waals surface area contributed by atoms with Crippen molar-refractivity contribution >= 4 is 27.3 Å². The van der Waals surface area contributed by atoms with Gasteiger partial charge in [0.1, 0.15) is 0 Å². The molecule has 0 aliphatic rings. The molecule has 0 saturated heterocycles. The average molecular weight is 332 g/mol. The van der Waals surface area contributed by atoms with Crippen LogP contribution >= 0.6 is 27.3 Å². The van der Waals surface area contributed by atoms with Gasteiger partial charge in [-0.05, 0) is 28.1 Å². The zero-order valence-electron chi connectivity index (χ0n) is 10.4. The molecule has 0 radical (unpaired) electrons. The van der Waals surface area contributed by atoms with E-state index in [-0.39, 0.29) is 6.04 Å². The molecule has 1 atom stereocenters. The highest BCUT2D eigenvalue weighted by Crippen LogP contribution is 2.30. The summed E-state index contributed by atoms with van der Waals surface area (Å²) in [5.74, 6) is 0. The number of hydrogen-bond acceptors (Lipinski definition) is 5. The van der Waals surface area contributed by atoms with Crippen LogP contribution < -0.4 is 5.73 Å². The van der Waals surface area contributed by atoms with Crippen LogP contribution in [0.3, 0.4) is 0 Å². The van der Waals surface area contributed by atoms with Crippen LogP contribution in [-0.4, -0.2) is 38.3 Å². The van der Waals surface area contributed by atoms with Gasteiger partial charge in [-0.3, -0.25) is 4.90 Å². The summed E-state index contributed by atoms with van der Waals surface area (Å²) in [5.41, 5.74) is 5.88. The molecular formula is C12H18BrN3OS. The molecule has 0 saturated carbocycles. The second-order valence-electron chi connectivity index (χ2n) is 3.83. The summed E-state index contributed by atoms with van der Waals surface area (Å²) in [6.07, 6.45) is 0.507. The standard InChI is InChI=1S/C12H18BrN3OS/c1-17-8-7-16(6-2-5-14)10(9-15)11-3-4-12(13)18-11/h3-4,10H,2,6-9,15H2,1H3. The summed E-state index contributed by atoms with van der Waals surface area (Å²) in [6.45, 7) is 2.70. The molecule has 0 aromatic carbocycles. The fourth-order valence-corrected chi connectivity index (χ4v) is 3.35.